The number of fused-ring (bicyclic) bond motifs is 1. The van der Waals surface area contributed by atoms with Gasteiger partial charge in [-0.05, 0) is 54.2 Å². The Bertz CT molecular complexity index is 1190. The molecule has 3 N–H and O–H groups in total. The molecule has 2 aliphatic rings. The number of aliphatic hydroxyl groups excluding tert-OH is 1. The SMILES string of the molecule is CN(C1CCN(C(O)/C=C/c2cc(F)c(F)c(F)c2)CC1)[NH+]1CCC(c2c[nH]c3ccccc23)CC1. The predicted octanol–water partition coefficient (Wildman–Crippen LogP) is 3.69. The Labute approximate surface area is 209 Å². The third-order valence-electron chi connectivity index (χ3n) is 8.01. The molecule has 192 valence electrons. The molecule has 0 amide bonds. The quantitative estimate of drug-likeness (QED) is 0.454. The number of likely N-dealkylation sites (tertiary alicyclic amines) is 1. The number of benzene rings is 2. The molecular weight excluding hydrogens is 465 g/mol. The lowest BCUT2D eigenvalue weighted by Crippen LogP contribution is -3.19. The van der Waals surface area contributed by atoms with Crippen LogP contribution in [0.5, 0.6) is 0 Å². The van der Waals surface area contributed by atoms with Crippen LogP contribution in [0.2, 0.25) is 0 Å². The highest BCUT2D eigenvalue weighted by molar-refractivity contribution is 5.83. The smallest absolute Gasteiger partial charge is 0.194 e. The normalized spacial score (nSPS) is 23.2. The standard InChI is InChI=1S/C28H33F3N4O/c1-33(35-14-8-20(9-15-35)23-18-32-26-5-3-2-4-22(23)26)21-10-12-34(13-11-21)27(36)7-6-19-16-24(29)28(31)25(30)17-19/h2-7,16-18,20-21,27,32,36H,8-15H2,1H3/p+1/b7-6+. The fourth-order valence-corrected chi connectivity index (χ4v) is 5.83. The van der Waals surface area contributed by atoms with Crippen molar-refractivity contribution < 1.29 is 23.3 Å². The second-order valence-corrected chi connectivity index (χ2v) is 10.1. The molecule has 2 saturated heterocycles. The van der Waals surface area contributed by atoms with Gasteiger partial charge in [-0.1, -0.05) is 24.3 Å². The zero-order valence-electron chi connectivity index (χ0n) is 20.6. The number of rotatable bonds is 6. The molecule has 2 aliphatic heterocycles. The van der Waals surface area contributed by atoms with Crippen LogP contribution in [0.15, 0.2) is 48.7 Å². The number of hydrogen-bond acceptors (Lipinski definition) is 3. The number of aromatic amines is 1. The van der Waals surface area contributed by atoms with Crippen LogP contribution in [0.4, 0.5) is 13.2 Å². The van der Waals surface area contributed by atoms with Gasteiger partial charge in [-0.25, -0.2) is 13.2 Å². The van der Waals surface area contributed by atoms with E-state index in [2.05, 4.69) is 47.5 Å². The van der Waals surface area contributed by atoms with Gasteiger partial charge in [0.2, 0.25) is 0 Å². The minimum absolute atomic E-state index is 0.180. The first-order valence-electron chi connectivity index (χ1n) is 12.8. The first kappa shape index (κ1) is 25.0. The maximum absolute atomic E-state index is 13.4. The zero-order chi connectivity index (χ0) is 25.2. The van der Waals surface area contributed by atoms with Gasteiger partial charge in [0.25, 0.3) is 0 Å². The Morgan fingerprint density at radius 1 is 1.06 bits per heavy atom. The Morgan fingerprint density at radius 2 is 1.72 bits per heavy atom. The van der Waals surface area contributed by atoms with Crippen LogP contribution in [0.25, 0.3) is 17.0 Å². The summed E-state index contributed by atoms with van der Waals surface area (Å²) in [6.07, 6.45) is 8.46. The summed E-state index contributed by atoms with van der Waals surface area (Å²) in [4.78, 5) is 5.37. The highest BCUT2D eigenvalue weighted by Crippen LogP contribution is 2.30. The molecule has 8 heteroatoms. The van der Waals surface area contributed by atoms with E-state index in [4.69, 9.17) is 0 Å². The molecule has 3 heterocycles. The molecule has 0 bridgehead atoms. The molecule has 1 unspecified atom stereocenters. The number of H-pyrrole nitrogens is 1. The van der Waals surface area contributed by atoms with Crippen LogP contribution in [0.1, 0.15) is 42.7 Å². The summed E-state index contributed by atoms with van der Waals surface area (Å²) in [6, 6.07) is 10.8. The Morgan fingerprint density at radius 3 is 2.42 bits per heavy atom. The lowest BCUT2D eigenvalue weighted by Gasteiger charge is -2.42. The van der Waals surface area contributed by atoms with Crippen LogP contribution in [-0.4, -0.2) is 65.5 Å². The van der Waals surface area contributed by atoms with Gasteiger partial charge in [0, 0.05) is 50.1 Å². The van der Waals surface area contributed by atoms with Crippen molar-refractivity contribution in [1.82, 2.24) is 14.9 Å². The minimum atomic E-state index is -1.48. The van der Waals surface area contributed by atoms with Crippen molar-refractivity contribution >= 4 is 17.0 Å². The van der Waals surface area contributed by atoms with Gasteiger partial charge < -0.3 is 10.1 Å². The average molecular weight is 500 g/mol. The van der Waals surface area contributed by atoms with Gasteiger partial charge in [-0.15, -0.1) is 0 Å². The van der Waals surface area contributed by atoms with E-state index < -0.39 is 23.7 Å². The third kappa shape index (κ3) is 5.22. The number of halogens is 3. The number of nitrogens with zero attached hydrogens (tertiary/aromatic N) is 2. The van der Waals surface area contributed by atoms with E-state index in [9.17, 15) is 18.3 Å². The highest BCUT2D eigenvalue weighted by Gasteiger charge is 2.33. The molecule has 36 heavy (non-hydrogen) atoms. The first-order chi connectivity index (χ1) is 17.4. The zero-order valence-corrected chi connectivity index (χ0v) is 20.6. The molecule has 1 aromatic heterocycles. The van der Waals surface area contributed by atoms with Gasteiger partial charge in [0.1, 0.15) is 6.23 Å². The first-order valence-corrected chi connectivity index (χ1v) is 12.8. The van der Waals surface area contributed by atoms with Crippen LogP contribution in [0, 0.1) is 17.5 Å². The van der Waals surface area contributed by atoms with Crippen LogP contribution >= 0.6 is 0 Å². The van der Waals surface area contributed by atoms with Gasteiger partial charge in [-0.3, -0.25) is 9.91 Å². The Balaban J connectivity index is 1.11. The van der Waals surface area contributed by atoms with Crippen molar-refractivity contribution in [3.8, 4) is 0 Å². The molecule has 1 atom stereocenters. The maximum atomic E-state index is 13.4. The summed E-state index contributed by atoms with van der Waals surface area (Å²) in [5.74, 6) is -3.37. The number of piperidine rings is 2. The van der Waals surface area contributed by atoms with Gasteiger partial charge >= 0.3 is 0 Å². The van der Waals surface area contributed by atoms with Crippen molar-refractivity contribution in [2.45, 2.75) is 43.9 Å². The lowest BCUT2D eigenvalue weighted by atomic mass is 9.89. The molecule has 0 spiro atoms. The number of aromatic nitrogens is 1. The number of aliphatic hydroxyl groups is 1. The Hall–Kier alpha value is -2.65. The molecule has 0 radical (unpaired) electrons. The summed E-state index contributed by atoms with van der Waals surface area (Å²) in [6.45, 7) is 3.68. The second-order valence-electron chi connectivity index (χ2n) is 10.1. The minimum Gasteiger partial charge on any atom is -0.375 e. The second kappa shape index (κ2) is 10.8. The molecule has 0 saturated carbocycles. The highest BCUT2D eigenvalue weighted by atomic mass is 19.2. The summed E-state index contributed by atoms with van der Waals surface area (Å²) in [5.41, 5.74) is 2.83. The lowest BCUT2D eigenvalue weighted by molar-refractivity contribution is -1.02. The molecule has 2 fully saturated rings. The van der Waals surface area contributed by atoms with Crippen molar-refractivity contribution in [3.63, 3.8) is 0 Å². The summed E-state index contributed by atoms with van der Waals surface area (Å²) in [7, 11) is 2.20. The van der Waals surface area contributed by atoms with Crippen molar-refractivity contribution in [2.75, 3.05) is 33.2 Å². The van der Waals surface area contributed by atoms with E-state index in [0.717, 1.165) is 64.0 Å². The molecule has 5 rings (SSSR count). The fraction of sp³-hybridized carbons (Fsp3) is 0.429. The number of para-hydroxylation sites is 1. The van der Waals surface area contributed by atoms with E-state index in [1.54, 1.807) is 0 Å². The summed E-state index contributed by atoms with van der Waals surface area (Å²) in [5, 5.41) is 15.9. The van der Waals surface area contributed by atoms with Gasteiger partial charge in [-0.2, -0.15) is 5.01 Å². The topological polar surface area (TPSA) is 46.9 Å². The van der Waals surface area contributed by atoms with E-state index in [1.165, 1.54) is 33.6 Å². The predicted molar refractivity (Wildman–Crippen MR) is 135 cm³/mol. The Kier molecular flexibility index (Phi) is 7.48. The number of nitrogens with one attached hydrogen (secondary N) is 2. The number of hydrogen-bond donors (Lipinski definition) is 3. The van der Waals surface area contributed by atoms with E-state index in [-0.39, 0.29) is 5.56 Å². The van der Waals surface area contributed by atoms with E-state index in [0.29, 0.717) is 12.0 Å². The van der Waals surface area contributed by atoms with Gasteiger partial charge in [0.15, 0.2) is 17.5 Å². The van der Waals surface area contributed by atoms with E-state index >= 15 is 0 Å². The van der Waals surface area contributed by atoms with E-state index in [1.807, 2.05) is 4.90 Å². The molecule has 3 aromatic rings. The van der Waals surface area contributed by atoms with Crippen LogP contribution in [0.3, 0.4) is 0 Å². The van der Waals surface area contributed by atoms with Crippen molar-refractivity contribution in [2.24, 2.45) is 0 Å². The third-order valence-corrected chi connectivity index (χ3v) is 8.01. The van der Waals surface area contributed by atoms with Crippen molar-refractivity contribution in [3.05, 3.63) is 77.2 Å². The molecule has 0 aliphatic carbocycles. The number of quaternary nitrogens is 1. The molecular formula is C28H34F3N4O+. The monoisotopic (exact) mass is 499 g/mol. The fourth-order valence-electron chi connectivity index (χ4n) is 5.83. The summed E-state index contributed by atoms with van der Waals surface area (Å²) < 4.78 is 40.0. The maximum Gasteiger partial charge on any atom is 0.194 e. The van der Waals surface area contributed by atoms with Crippen LogP contribution in [-0.2, 0) is 0 Å². The van der Waals surface area contributed by atoms with Gasteiger partial charge in [0.05, 0.1) is 19.1 Å². The van der Waals surface area contributed by atoms with Crippen molar-refractivity contribution in [1.29, 1.82) is 0 Å². The average Bonchev–Trinajstić information content (AvgIpc) is 3.34. The van der Waals surface area contributed by atoms with Crippen LogP contribution < -0.4 is 5.01 Å². The largest absolute Gasteiger partial charge is 0.375 e. The molecule has 5 nitrogen and oxygen atoms in total. The summed E-state index contributed by atoms with van der Waals surface area (Å²) >= 11 is 0. The molecule has 2 aromatic carbocycles.